The third-order valence-electron chi connectivity index (χ3n) is 14.2. The molecule has 81 heavy (non-hydrogen) atoms. The summed E-state index contributed by atoms with van der Waals surface area (Å²) in [7, 11) is 4.88. The second-order valence-electron chi connectivity index (χ2n) is 19.2. The molecular weight excluding hydrogens is 1100 g/mol. The first kappa shape index (κ1) is 56.5. The molecule has 25 heteroatoms. The summed E-state index contributed by atoms with van der Waals surface area (Å²) in [6, 6.07) is 19.9. The average Bonchev–Trinajstić information content (AvgIpc) is 4.57. The Morgan fingerprint density at radius 3 is 1.58 bits per heavy atom. The first-order chi connectivity index (χ1) is 39.7. The number of hydrogen-bond acceptors (Lipinski definition) is 19. The van der Waals surface area contributed by atoms with Gasteiger partial charge in [-0.3, -0.25) is 13.7 Å². The Hall–Kier alpha value is -7.75. The fraction of sp³-hybridized carbons (Fsp3) is 0.339. The molecule has 0 spiro atoms. The summed E-state index contributed by atoms with van der Waals surface area (Å²) in [5, 5.41) is 12.2. The van der Waals surface area contributed by atoms with E-state index in [-0.39, 0.29) is 52.7 Å². The summed E-state index contributed by atoms with van der Waals surface area (Å²) in [5.74, 6) is 0.0834. The van der Waals surface area contributed by atoms with Gasteiger partial charge in [-0.2, -0.15) is 4.98 Å². The van der Waals surface area contributed by atoms with Crippen LogP contribution in [0.1, 0.15) is 46.9 Å². The number of aliphatic hydroxyl groups is 1. The highest BCUT2D eigenvalue weighted by atomic mass is 32.1. The minimum atomic E-state index is -0.856. The number of fused-ring (bicyclic) bond motifs is 2. The molecule has 2 saturated carbocycles. The molecule has 7 heterocycles. The molecule has 0 amide bonds. The molecule has 22 nitrogen and oxygen atoms in total. The molecule has 420 valence electrons. The number of carbonyl (C=O) groups excluding carboxylic acids is 1. The Morgan fingerprint density at radius 2 is 1.07 bits per heavy atom. The summed E-state index contributed by atoms with van der Waals surface area (Å²) >= 11 is 16.8. The maximum atomic E-state index is 11.5. The van der Waals surface area contributed by atoms with Gasteiger partial charge in [0.25, 0.3) is 22.3 Å². The monoisotopic (exact) mass is 1160 g/mol. The van der Waals surface area contributed by atoms with Crippen molar-refractivity contribution in [2.45, 2.75) is 75.8 Å². The molecular formula is C56H59N12O10S3+. The summed E-state index contributed by atoms with van der Waals surface area (Å²) < 4.78 is 62.0. The molecule has 0 bridgehead atoms. The highest BCUT2D eigenvalue weighted by molar-refractivity contribution is 7.80. The lowest BCUT2D eigenvalue weighted by atomic mass is 9.96. The van der Waals surface area contributed by atoms with Crippen LogP contribution >= 0.6 is 36.7 Å². The van der Waals surface area contributed by atoms with E-state index in [1.165, 1.54) is 12.7 Å². The molecule has 7 aromatic heterocycles. The smallest absolute Gasteiger partial charge is 0.478 e. The zero-order valence-electron chi connectivity index (χ0n) is 44.5. The van der Waals surface area contributed by atoms with E-state index in [1.807, 2.05) is 82.2 Å². The van der Waals surface area contributed by atoms with Gasteiger partial charge in [0.1, 0.15) is 74.4 Å². The van der Waals surface area contributed by atoms with Gasteiger partial charge in [-0.05, 0) is 60.6 Å². The number of nitrogens with zero attached hydrogens (tertiary/aromatic N) is 12. The van der Waals surface area contributed by atoms with E-state index in [0.29, 0.717) is 62.1 Å². The maximum absolute atomic E-state index is 11.5. The van der Waals surface area contributed by atoms with Crippen molar-refractivity contribution in [2.24, 2.45) is 11.8 Å². The first-order valence-corrected chi connectivity index (χ1v) is 27.0. The van der Waals surface area contributed by atoms with Crippen LogP contribution in [0.4, 0.5) is 0 Å². The molecule has 2 aromatic carbocycles. The van der Waals surface area contributed by atoms with E-state index in [2.05, 4.69) is 36.7 Å². The van der Waals surface area contributed by atoms with Gasteiger partial charge in [0, 0.05) is 98.6 Å². The molecule has 2 aliphatic rings. The number of ether oxygens (including phenoxy) is 8. The second kappa shape index (κ2) is 26.7. The van der Waals surface area contributed by atoms with Crippen molar-refractivity contribution >= 4 is 81.0 Å². The van der Waals surface area contributed by atoms with E-state index in [9.17, 15) is 5.11 Å². The van der Waals surface area contributed by atoms with Crippen LogP contribution in [0.25, 0.3) is 22.1 Å². The summed E-state index contributed by atoms with van der Waals surface area (Å²) in [6.45, 7) is 5.76. The lowest BCUT2D eigenvalue weighted by Crippen LogP contribution is -2.39. The van der Waals surface area contributed by atoms with E-state index in [1.54, 1.807) is 91.2 Å². The molecule has 0 aliphatic heterocycles. The number of hydrogen-bond donors (Lipinski definition) is 1. The van der Waals surface area contributed by atoms with Gasteiger partial charge in [-0.25, -0.2) is 29.3 Å². The van der Waals surface area contributed by atoms with Crippen molar-refractivity contribution in [3.63, 3.8) is 0 Å². The third-order valence-corrected chi connectivity index (χ3v) is 15.2. The SMILES string of the molecule is C=[O+]c1ncnc2c([C@@H]3C[C@H](COC)[C@@H](OC(=S)n4ccnc4)[C@H]3O)cn(COCc3ccccc3)c12.COC[C@H]1C[C@@H](c2cn(COCc3ccccc3)c3c(OC)ncnc23)[C@H](OC(=S)n2ccnc2)[C@@H]1OC(=S)n1ccnc1. The summed E-state index contributed by atoms with van der Waals surface area (Å²) in [6.07, 6.45) is 20.5. The van der Waals surface area contributed by atoms with Crippen LogP contribution in [0, 0.1) is 11.8 Å². The zero-order valence-corrected chi connectivity index (χ0v) is 46.9. The molecule has 0 radical (unpaired) electrons. The van der Waals surface area contributed by atoms with Crippen LogP contribution in [0.2, 0.25) is 0 Å². The number of benzene rings is 2. The van der Waals surface area contributed by atoms with Crippen molar-refractivity contribution in [2.75, 3.05) is 34.5 Å². The summed E-state index contributed by atoms with van der Waals surface area (Å²) in [5.41, 5.74) is 6.64. The zero-order chi connectivity index (χ0) is 56.2. The van der Waals surface area contributed by atoms with Gasteiger partial charge in [-0.1, -0.05) is 60.7 Å². The van der Waals surface area contributed by atoms with Crippen LogP contribution in [-0.2, 0) is 64.3 Å². The Kier molecular flexibility index (Phi) is 18.6. The maximum Gasteiger partial charge on any atom is 0.478 e. The first-order valence-electron chi connectivity index (χ1n) is 25.8. The lowest BCUT2D eigenvalue weighted by Gasteiger charge is -2.28. The highest BCUT2D eigenvalue weighted by Gasteiger charge is 2.50. The highest BCUT2D eigenvalue weighted by Crippen LogP contribution is 2.47. The fourth-order valence-corrected chi connectivity index (χ4v) is 11.3. The van der Waals surface area contributed by atoms with Gasteiger partial charge in [0.05, 0.1) is 45.2 Å². The van der Waals surface area contributed by atoms with Crippen molar-refractivity contribution in [3.8, 4) is 11.8 Å². The van der Waals surface area contributed by atoms with Crippen molar-refractivity contribution < 1.29 is 47.4 Å². The second-order valence-corrected chi connectivity index (χ2v) is 20.2. The van der Waals surface area contributed by atoms with Crippen LogP contribution in [-0.4, -0.2) is 144 Å². The van der Waals surface area contributed by atoms with Crippen molar-refractivity contribution in [1.29, 1.82) is 0 Å². The quantitative estimate of drug-likeness (QED) is 0.0615. The number of aliphatic hydroxyl groups excluding tert-OH is 1. The molecule has 1 N–H and O–H groups in total. The Bertz CT molecular complexity index is 3520. The van der Waals surface area contributed by atoms with Gasteiger partial charge >= 0.3 is 5.88 Å². The molecule has 2 fully saturated rings. The van der Waals surface area contributed by atoms with Gasteiger partial charge in [-0.15, -0.1) is 4.98 Å². The van der Waals surface area contributed by atoms with Crippen LogP contribution in [0.5, 0.6) is 11.8 Å². The van der Waals surface area contributed by atoms with E-state index >= 15 is 0 Å². The molecule has 11 rings (SSSR count). The standard InChI is InChI=1S/C30H31N7O5S2.C26H28N5O5S/c1-38-15-21-12-22(27(42-30(44)36-11-9-32-18-36)26(21)41-29(43)35-10-8-31-17-35)23-13-37(19-40-14-20-6-4-3-5-7-20)25-24(23)33-16-34-28(25)39-2;1-33-13-18-10-19(23(32)24(18)36-26(37)30-9-8-27-15-30)20-11-31(16-35-12-17-6-4-3-5-7-17)22-21(20)28-14-29-25(22)34-2/h3-11,13,16-18,21-22,26-27H,12,14-15,19H2,1-2H3;3-9,11,14-15,18-19,23-24,32H,2,10,12-13,16H2,1H3/q;+1/t21-,22+,26-,27+;18-,19+,23+,24-/m11/s1. The molecule has 8 atom stereocenters. The molecule has 0 unspecified atom stereocenters. The minimum Gasteiger partial charge on any atom is -0.479 e. The fourth-order valence-electron chi connectivity index (χ4n) is 10.6. The Labute approximate surface area is 481 Å². The number of rotatable bonds is 19. The Morgan fingerprint density at radius 1 is 0.605 bits per heavy atom. The predicted molar refractivity (Wildman–Crippen MR) is 307 cm³/mol. The van der Waals surface area contributed by atoms with Crippen LogP contribution in [0.3, 0.4) is 0 Å². The molecule has 0 saturated heterocycles. The summed E-state index contributed by atoms with van der Waals surface area (Å²) in [4.78, 5) is 30.1. The molecule has 9 aromatic rings. The minimum absolute atomic E-state index is 0.0847. The van der Waals surface area contributed by atoms with Gasteiger partial charge in [0.15, 0.2) is 5.52 Å². The largest absolute Gasteiger partial charge is 0.479 e. The normalized spacial score (nSPS) is 20.4. The average molecular weight is 1160 g/mol. The number of aromatic nitrogens is 12. The molecule has 2 aliphatic carbocycles. The lowest BCUT2D eigenvalue weighted by molar-refractivity contribution is -0.358. The predicted octanol–water partition coefficient (Wildman–Crippen LogP) is 7.40. The van der Waals surface area contributed by atoms with Crippen molar-refractivity contribution in [3.05, 3.63) is 164 Å². The number of imidazole rings is 3. The van der Waals surface area contributed by atoms with Crippen LogP contribution in [0.15, 0.2) is 142 Å². The third kappa shape index (κ3) is 12.7. The van der Waals surface area contributed by atoms with Crippen molar-refractivity contribution in [1.82, 2.24) is 57.7 Å². The topological polar surface area (TPSA) is 220 Å². The van der Waals surface area contributed by atoms with Gasteiger partial charge in [0.2, 0.25) is 5.88 Å². The van der Waals surface area contributed by atoms with E-state index in [0.717, 1.165) is 33.3 Å². The number of thiocarbonyl (C=S) groups is 3. The van der Waals surface area contributed by atoms with Crippen LogP contribution < -0.4 is 4.74 Å². The Balaban J connectivity index is 0.000000185. The van der Waals surface area contributed by atoms with E-state index < -0.39 is 24.4 Å². The van der Waals surface area contributed by atoms with E-state index in [4.69, 9.17) is 84.0 Å². The number of methoxy groups -OCH3 is 3. The van der Waals surface area contributed by atoms with Gasteiger partial charge < -0.3 is 52.1 Å².